The predicted molar refractivity (Wildman–Crippen MR) is 71.9 cm³/mol. The molecule has 0 saturated heterocycles. The second kappa shape index (κ2) is 4.75. The highest BCUT2D eigenvalue weighted by Crippen LogP contribution is 2.55. The quantitative estimate of drug-likeness (QED) is 0.867. The minimum absolute atomic E-state index is 0.126. The number of hydrogen-bond acceptors (Lipinski definition) is 1. The second-order valence-electron chi connectivity index (χ2n) is 5.78. The monoisotopic (exact) mass is 243 g/mol. The fourth-order valence-electron chi connectivity index (χ4n) is 3.52. The number of hydrogen-bond donors (Lipinski definition) is 1. The molecule has 1 unspecified atom stereocenters. The molecule has 0 spiro atoms. The van der Waals surface area contributed by atoms with Crippen LogP contribution in [0.5, 0.6) is 0 Å². The van der Waals surface area contributed by atoms with Crippen molar-refractivity contribution in [3.05, 3.63) is 35.9 Å². The normalized spacial score (nSPS) is 31.3. The summed E-state index contributed by atoms with van der Waals surface area (Å²) in [6.45, 7) is 2.07. The molecular weight excluding hydrogens is 222 g/mol. The number of nitrogens with one attached hydrogen (secondary N) is 1. The molecule has 3 rings (SSSR count). The Morgan fingerprint density at radius 3 is 2.39 bits per heavy atom. The summed E-state index contributed by atoms with van der Waals surface area (Å²) in [5.74, 6) is 1.99. The molecule has 0 bridgehead atoms. The molecule has 2 aliphatic carbocycles. The van der Waals surface area contributed by atoms with Gasteiger partial charge in [0.1, 0.15) is 0 Å². The van der Waals surface area contributed by atoms with Crippen LogP contribution in [0.15, 0.2) is 30.3 Å². The first-order valence-corrected chi connectivity index (χ1v) is 7.12. The third kappa shape index (κ3) is 2.16. The molecule has 0 aliphatic heterocycles. The van der Waals surface area contributed by atoms with Crippen LogP contribution in [0.1, 0.15) is 44.2 Å². The van der Waals surface area contributed by atoms with Crippen LogP contribution in [0.25, 0.3) is 0 Å². The van der Waals surface area contributed by atoms with E-state index in [2.05, 4.69) is 24.4 Å². The van der Waals surface area contributed by atoms with Gasteiger partial charge in [-0.3, -0.25) is 4.79 Å². The summed E-state index contributed by atoms with van der Waals surface area (Å²) in [6.07, 6.45) is 5.17. The fourth-order valence-corrected chi connectivity index (χ4v) is 3.52. The molecule has 2 fully saturated rings. The van der Waals surface area contributed by atoms with E-state index in [-0.39, 0.29) is 11.9 Å². The summed E-state index contributed by atoms with van der Waals surface area (Å²) in [5.41, 5.74) is 1.19. The molecule has 0 radical (unpaired) electrons. The van der Waals surface area contributed by atoms with Crippen LogP contribution in [0, 0.1) is 17.8 Å². The highest BCUT2D eigenvalue weighted by Gasteiger charge is 2.54. The standard InChI is InChI=1S/C16H21NO/c1-11(12-7-3-2-4-8-12)17-16(18)15-13-9-5-6-10-14(13)15/h2-4,7-8,11,13-15H,5-6,9-10H2,1H3,(H,17,18)/t11-,13-,14+,15?/m0/s1. The van der Waals surface area contributed by atoms with E-state index in [0.29, 0.717) is 17.8 Å². The van der Waals surface area contributed by atoms with Crippen LogP contribution in [0.3, 0.4) is 0 Å². The smallest absolute Gasteiger partial charge is 0.224 e. The van der Waals surface area contributed by atoms with Gasteiger partial charge in [-0.1, -0.05) is 43.2 Å². The van der Waals surface area contributed by atoms with E-state index in [1.54, 1.807) is 0 Å². The molecule has 1 aromatic rings. The number of carbonyl (C=O) groups is 1. The molecule has 1 N–H and O–H groups in total. The van der Waals surface area contributed by atoms with E-state index < -0.39 is 0 Å². The Kier molecular flexibility index (Phi) is 3.11. The largest absolute Gasteiger partial charge is 0.349 e. The van der Waals surface area contributed by atoms with Gasteiger partial charge < -0.3 is 5.32 Å². The molecule has 2 heteroatoms. The molecular formula is C16H21NO. The van der Waals surface area contributed by atoms with Crippen molar-refractivity contribution in [2.24, 2.45) is 17.8 Å². The highest BCUT2D eigenvalue weighted by atomic mass is 16.2. The van der Waals surface area contributed by atoms with Gasteiger partial charge in [-0.25, -0.2) is 0 Å². The van der Waals surface area contributed by atoms with Crippen LogP contribution in [-0.4, -0.2) is 5.91 Å². The van der Waals surface area contributed by atoms with Gasteiger partial charge in [-0.05, 0) is 37.2 Å². The van der Waals surface area contributed by atoms with Gasteiger partial charge >= 0.3 is 0 Å². The van der Waals surface area contributed by atoms with Gasteiger partial charge in [-0.15, -0.1) is 0 Å². The van der Waals surface area contributed by atoms with E-state index in [1.165, 1.54) is 31.2 Å². The average Bonchev–Trinajstić information content (AvgIpc) is 3.14. The topological polar surface area (TPSA) is 29.1 Å². The van der Waals surface area contributed by atoms with Gasteiger partial charge in [0.05, 0.1) is 6.04 Å². The lowest BCUT2D eigenvalue weighted by atomic mass is 10.0. The van der Waals surface area contributed by atoms with E-state index in [1.807, 2.05) is 18.2 Å². The van der Waals surface area contributed by atoms with Crippen molar-refractivity contribution in [1.29, 1.82) is 0 Å². The minimum atomic E-state index is 0.126. The maximum atomic E-state index is 12.2. The molecule has 1 amide bonds. The average molecular weight is 243 g/mol. The Morgan fingerprint density at radius 2 is 1.78 bits per heavy atom. The summed E-state index contributed by atoms with van der Waals surface area (Å²) < 4.78 is 0. The van der Waals surface area contributed by atoms with E-state index >= 15 is 0 Å². The number of rotatable bonds is 3. The van der Waals surface area contributed by atoms with Crippen LogP contribution in [-0.2, 0) is 4.79 Å². The zero-order valence-corrected chi connectivity index (χ0v) is 10.9. The number of benzene rings is 1. The van der Waals surface area contributed by atoms with E-state index in [4.69, 9.17) is 0 Å². The van der Waals surface area contributed by atoms with Crippen LogP contribution < -0.4 is 5.32 Å². The van der Waals surface area contributed by atoms with Gasteiger partial charge in [0, 0.05) is 5.92 Å². The lowest BCUT2D eigenvalue weighted by molar-refractivity contribution is -0.123. The van der Waals surface area contributed by atoms with Gasteiger partial charge in [0.2, 0.25) is 5.91 Å². The summed E-state index contributed by atoms with van der Waals surface area (Å²) in [4.78, 5) is 12.2. The van der Waals surface area contributed by atoms with Crippen LogP contribution in [0.2, 0.25) is 0 Å². The molecule has 2 aliphatic rings. The van der Waals surface area contributed by atoms with Crippen molar-refractivity contribution in [2.75, 3.05) is 0 Å². The summed E-state index contributed by atoms with van der Waals surface area (Å²) in [7, 11) is 0. The SMILES string of the molecule is C[C@H](NC(=O)C1[C@H]2CCCC[C@@H]12)c1ccccc1. The zero-order valence-electron chi connectivity index (χ0n) is 10.9. The summed E-state index contributed by atoms with van der Waals surface area (Å²) >= 11 is 0. The Labute approximate surface area is 109 Å². The van der Waals surface area contributed by atoms with Gasteiger partial charge in [0.15, 0.2) is 0 Å². The highest BCUT2D eigenvalue weighted by molar-refractivity contribution is 5.82. The first kappa shape index (κ1) is 11.8. The van der Waals surface area contributed by atoms with Crippen molar-refractivity contribution >= 4 is 5.91 Å². The van der Waals surface area contributed by atoms with Crippen LogP contribution in [0.4, 0.5) is 0 Å². The molecule has 0 heterocycles. The third-order valence-electron chi connectivity index (χ3n) is 4.62. The Balaban J connectivity index is 1.59. The van der Waals surface area contributed by atoms with Crippen molar-refractivity contribution in [2.45, 2.75) is 38.6 Å². The zero-order chi connectivity index (χ0) is 12.5. The Hall–Kier alpha value is -1.31. The van der Waals surface area contributed by atoms with Crippen molar-refractivity contribution in [3.8, 4) is 0 Å². The molecule has 18 heavy (non-hydrogen) atoms. The number of carbonyl (C=O) groups excluding carboxylic acids is 1. The lowest BCUT2D eigenvalue weighted by Crippen LogP contribution is -2.28. The third-order valence-corrected chi connectivity index (χ3v) is 4.62. The molecule has 2 nitrogen and oxygen atoms in total. The molecule has 2 saturated carbocycles. The maximum absolute atomic E-state index is 12.2. The summed E-state index contributed by atoms with van der Waals surface area (Å²) in [6, 6.07) is 10.3. The maximum Gasteiger partial charge on any atom is 0.224 e. The summed E-state index contributed by atoms with van der Waals surface area (Å²) in [5, 5.41) is 3.18. The van der Waals surface area contributed by atoms with Crippen LogP contribution >= 0.6 is 0 Å². The molecule has 96 valence electrons. The van der Waals surface area contributed by atoms with Crippen molar-refractivity contribution in [3.63, 3.8) is 0 Å². The first-order valence-electron chi connectivity index (χ1n) is 7.12. The predicted octanol–water partition coefficient (Wildman–Crippen LogP) is 3.30. The number of fused-ring (bicyclic) bond motifs is 1. The van der Waals surface area contributed by atoms with Gasteiger partial charge in [0.25, 0.3) is 0 Å². The van der Waals surface area contributed by atoms with E-state index in [9.17, 15) is 4.79 Å². The Morgan fingerprint density at radius 1 is 1.17 bits per heavy atom. The lowest BCUT2D eigenvalue weighted by Gasteiger charge is -2.14. The Bertz CT molecular complexity index is 416. The fraction of sp³-hybridized carbons (Fsp3) is 0.562. The van der Waals surface area contributed by atoms with Gasteiger partial charge in [-0.2, -0.15) is 0 Å². The molecule has 1 aromatic carbocycles. The first-order chi connectivity index (χ1) is 8.77. The molecule has 0 aromatic heterocycles. The number of amides is 1. The molecule has 4 atom stereocenters. The van der Waals surface area contributed by atoms with Crippen molar-refractivity contribution in [1.82, 2.24) is 5.32 Å². The van der Waals surface area contributed by atoms with Crippen molar-refractivity contribution < 1.29 is 4.79 Å². The van der Waals surface area contributed by atoms with E-state index in [0.717, 1.165) is 0 Å². The minimum Gasteiger partial charge on any atom is -0.349 e. The second-order valence-corrected chi connectivity index (χ2v) is 5.78.